The van der Waals surface area contributed by atoms with Gasteiger partial charge in [-0.15, -0.1) is 0 Å². The fourth-order valence-corrected chi connectivity index (χ4v) is 7.23. The number of unbranched alkanes of at least 4 members (excludes halogenated alkanes) is 24. The number of rotatable bonds is 47. The van der Waals surface area contributed by atoms with E-state index in [1.807, 2.05) is 0 Å². The topological polar surface area (TPSA) is 78.9 Å². The lowest BCUT2D eigenvalue weighted by Crippen LogP contribution is -2.30. The molecule has 0 fully saturated rings. The Morgan fingerprint density at radius 1 is 0.333 bits per heavy atom. The second-order valence-corrected chi connectivity index (χ2v) is 17.4. The minimum atomic E-state index is -0.789. The first kappa shape index (κ1) is 59.9. The molecule has 362 valence electrons. The van der Waals surface area contributed by atoms with Crippen LogP contribution in [0.3, 0.4) is 0 Å². The van der Waals surface area contributed by atoms with Crippen LogP contribution in [0.25, 0.3) is 0 Å². The molecule has 0 bridgehead atoms. The van der Waals surface area contributed by atoms with Crippen molar-refractivity contribution in [3.05, 3.63) is 72.9 Å². The first-order valence-electron chi connectivity index (χ1n) is 26.4. The third-order valence-corrected chi connectivity index (χ3v) is 11.2. The van der Waals surface area contributed by atoms with Crippen molar-refractivity contribution >= 4 is 17.9 Å². The molecule has 6 heteroatoms. The van der Waals surface area contributed by atoms with Crippen LogP contribution in [0.1, 0.15) is 252 Å². The van der Waals surface area contributed by atoms with E-state index < -0.39 is 6.10 Å². The average molecular weight is 879 g/mol. The number of ether oxygens (including phenoxy) is 3. The van der Waals surface area contributed by atoms with Gasteiger partial charge in [-0.3, -0.25) is 14.4 Å². The summed E-state index contributed by atoms with van der Waals surface area (Å²) in [5.41, 5.74) is 0. The summed E-state index contributed by atoms with van der Waals surface area (Å²) in [6.07, 6.45) is 64.5. The highest BCUT2D eigenvalue weighted by Gasteiger charge is 2.19. The van der Waals surface area contributed by atoms with E-state index in [0.29, 0.717) is 19.3 Å². The van der Waals surface area contributed by atoms with Crippen molar-refractivity contribution < 1.29 is 28.6 Å². The van der Waals surface area contributed by atoms with Gasteiger partial charge in [0.25, 0.3) is 0 Å². The summed E-state index contributed by atoms with van der Waals surface area (Å²) in [7, 11) is 0. The molecule has 0 spiro atoms. The maximum absolute atomic E-state index is 12.8. The van der Waals surface area contributed by atoms with E-state index in [1.54, 1.807) is 0 Å². The van der Waals surface area contributed by atoms with E-state index >= 15 is 0 Å². The standard InChI is InChI=1S/C57H98O6/c1-4-7-10-13-16-19-22-25-26-27-28-29-30-33-35-38-41-44-47-50-56(59)62-53-54(63-57(60)51-48-45-42-39-36-32-24-21-18-15-12-9-6-3)52-61-55(58)49-46-43-40-37-34-31-23-20-17-14-11-8-5-2/h7,10,16,19-20,23,25-26,28-29,33,35,54H,4-6,8-9,11-15,17-18,21-22,24,27,30-32,34,36-53H2,1-3H3/b10-7-,19-16-,23-20-,26-25-,29-28-,35-33-/t54-/m0/s1. The molecule has 0 N–H and O–H groups in total. The van der Waals surface area contributed by atoms with E-state index in [2.05, 4.69) is 93.7 Å². The Hall–Kier alpha value is -3.15. The van der Waals surface area contributed by atoms with E-state index in [4.69, 9.17) is 14.2 Å². The quantitative estimate of drug-likeness (QED) is 0.0262. The van der Waals surface area contributed by atoms with Gasteiger partial charge >= 0.3 is 17.9 Å². The van der Waals surface area contributed by atoms with Crippen LogP contribution in [0.15, 0.2) is 72.9 Å². The molecule has 0 heterocycles. The van der Waals surface area contributed by atoms with Gasteiger partial charge in [-0.05, 0) is 89.9 Å². The lowest BCUT2D eigenvalue weighted by atomic mass is 10.0. The number of hydrogen-bond donors (Lipinski definition) is 0. The monoisotopic (exact) mass is 879 g/mol. The van der Waals surface area contributed by atoms with Gasteiger partial charge in [-0.25, -0.2) is 0 Å². The van der Waals surface area contributed by atoms with Crippen molar-refractivity contribution in [2.75, 3.05) is 13.2 Å². The average Bonchev–Trinajstić information content (AvgIpc) is 3.28. The van der Waals surface area contributed by atoms with Crippen molar-refractivity contribution in [3.63, 3.8) is 0 Å². The molecule has 0 aliphatic heterocycles. The van der Waals surface area contributed by atoms with Gasteiger partial charge in [0.15, 0.2) is 6.10 Å². The number of allylic oxidation sites excluding steroid dienone is 12. The minimum Gasteiger partial charge on any atom is -0.462 e. The summed E-state index contributed by atoms with van der Waals surface area (Å²) in [4.78, 5) is 38.0. The molecule has 0 unspecified atom stereocenters. The van der Waals surface area contributed by atoms with Crippen LogP contribution in [0.5, 0.6) is 0 Å². The van der Waals surface area contributed by atoms with Gasteiger partial charge in [0.05, 0.1) is 0 Å². The summed E-state index contributed by atoms with van der Waals surface area (Å²) in [6.45, 7) is 6.48. The molecule has 0 saturated carbocycles. The highest BCUT2D eigenvalue weighted by atomic mass is 16.6. The summed E-state index contributed by atoms with van der Waals surface area (Å²) < 4.78 is 16.8. The van der Waals surface area contributed by atoms with Crippen LogP contribution in [0.4, 0.5) is 0 Å². The van der Waals surface area contributed by atoms with E-state index in [9.17, 15) is 14.4 Å². The Kier molecular flexibility index (Phi) is 48.9. The molecule has 0 radical (unpaired) electrons. The second-order valence-electron chi connectivity index (χ2n) is 17.4. The van der Waals surface area contributed by atoms with Crippen LogP contribution >= 0.6 is 0 Å². The largest absolute Gasteiger partial charge is 0.462 e. The molecule has 1 atom stereocenters. The van der Waals surface area contributed by atoms with Crippen LogP contribution in [-0.4, -0.2) is 37.2 Å². The predicted octanol–water partition coefficient (Wildman–Crippen LogP) is 17.4. The van der Waals surface area contributed by atoms with Gasteiger partial charge < -0.3 is 14.2 Å². The first-order chi connectivity index (χ1) is 31.0. The Balaban J connectivity index is 4.43. The zero-order chi connectivity index (χ0) is 45.8. The van der Waals surface area contributed by atoms with Gasteiger partial charge in [0.1, 0.15) is 13.2 Å². The summed E-state index contributed by atoms with van der Waals surface area (Å²) in [5.74, 6) is -0.926. The highest BCUT2D eigenvalue weighted by Crippen LogP contribution is 2.15. The molecular formula is C57H98O6. The lowest BCUT2D eigenvalue weighted by Gasteiger charge is -2.18. The summed E-state index contributed by atoms with van der Waals surface area (Å²) >= 11 is 0. The molecule has 0 aromatic heterocycles. The van der Waals surface area contributed by atoms with E-state index in [1.165, 1.54) is 109 Å². The molecule has 0 aliphatic rings. The van der Waals surface area contributed by atoms with Gasteiger partial charge in [0, 0.05) is 19.3 Å². The Morgan fingerprint density at radius 3 is 1.02 bits per heavy atom. The van der Waals surface area contributed by atoms with Crippen LogP contribution in [0, 0.1) is 0 Å². The molecule has 0 aromatic carbocycles. The van der Waals surface area contributed by atoms with E-state index in [0.717, 1.165) is 103 Å². The molecule has 6 nitrogen and oxygen atoms in total. The van der Waals surface area contributed by atoms with Crippen molar-refractivity contribution in [1.29, 1.82) is 0 Å². The zero-order valence-electron chi connectivity index (χ0n) is 41.3. The van der Waals surface area contributed by atoms with Crippen LogP contribution < -0.4 is 0 Å². The van der Waals surface area contributed by atoms with Gasteiger partial charge in [0.2, 0.25) is 0 Å². The Labute approximate surface area is 389 Å². The van der Waals surface area contributed by atoms with Gasteiger partial charge in [-0.2, -0.15) is 0 Å². The first-order valence-corrected chi connectivity index (χ1v) is 26.4. The Morgan fingerprint density at radius 2 is 0.619 bits per heavy atom. The normalized spacial score (nSPS) is 12.6. The zero-order valence-corrected chi connectivity index (χ0v) is 41.3. The van der Waals surface area contributed by atoms with Gasteiger partial charge in [-0.1, -0.05) is 216 Å². The predicted molar refractivity (Wildman–Crippen MR) is 270 cm³/mol. The van der Waals surface area contributed by atoms with Crippen molar-refractivity contribution in [3.8, 4) is 0 Å². The molecule has 63 heavy (non-hydrogen) atoms. The van der Waals surface area contributed by atoms with Crippen molar-refractivity contribution in [1.82, 2.24) is 0 Å². The Bertz CT molecular complexity index is 1190. The fourth-order valence-electron chi connectivity index (χ4n) is 7.23. The SMILES string of the molecule is CC/C=C\C/C=C\C/C=C\C/C=C\C/C=C\CCCCCC(=O)OC[C@H](COC(=O)CCCCCCC/C=C\CCCCCC)OC(=O)CCCCCCCCCCCCCCC. The highest BCUT2D eigenvalue weighted by molar-refractivity contribution is 5.71. The lowest BCUT2D eigenvalue weighted by molar-refractivity contribution is -0.167. The smallest absolute Gasteiger partial charge is 0.306 e. The third kappa shape index (κ3) is 49.7. The molecule has 0 saturated heterocycles. The van der Waals surface area contributed by atoms with Crippen molar-refractivity contribution in [2.24, 2.45) is 0 Å². The molecule has 0 aliphatic carbocycles. The number of carbonyl (C=O) groups is 3. The number of carbonyl (C=O) groups excluding carboxylic acids is 3. The molecule has 0 aromatic rings. The molecule has 0 rings (SSSR count). The van der Waals surface area contributed by atoms with E-state index in [-0.39, 0.29) is 31.1 Å². The third-order valence-electron chi connectivity index (χ3n) is 11.2. The number of esters is 3. The van der Waals surface area contributed by atoms with Crippen LogP contribution in [-0.2, 0) is 28.6 Å². The fraction of sp³-hybridized carbons (Fsp3) is 0.737. The minimum absolute atomic E-state index is 0.0888. The second kappa shape index (κ2) is 51.5. The van der Waals surface area contributed by atoms with Crippen molar-refractivity contribution in [2.45, 2.75) is 258 Å². The maximum Gasteiger partial charge on any atom is 0.306 e. The maximum atomic E-state index is 12.8. The molecular weight excluding hydrogens is 781 g/mol. The molecule has 0 amide bonds. The summed E-state index contributed by atoms with van der Waals surface area (Å²) in [5, 5.41) is 0. The van der Waals surface area contributed by atoms with Crippen LogP contribution in [0.2, 0.25) is 0 Å². The summed E-state index contributed by atoms with van der Waals surface area (Å²) in [6, 6.07) is 0. The number of hydrogen-bond acceptors (Lipinski definition) is 6.